The molecular formula is C7H12O3. The molecule has 0 aromatic rings. The minimum absolute atomic E-state index is 0.0590. The zero-order valence-corrected chi connectivity index (χ0v) is 6.04. The van der Waals surface area contributed by atoms with Gasteiger partial charge in [0.05, 0.1) is 12.5 Å². The lowest BCUT2D eigenvalue weighted by Crippen LogP contribution is -2.31. The Morgan fingerprint density at radius 2 is 2.50 bits per heavy atom. The van der Waals surface area contributed by atoms with Crippen LogP contribution in [0, 0.1) is 0 Å². The molecule has 1 aliphatic heterocycles. The van der Waals surface area contributed by atoms with Crippen LogP contribution in [0.1, 0.15) is 26.2 Å². The SMILES string of the molecule is CC[C@@H]1CC(O)CC(=O)O1. The summed E-state index contributed by atoms with van der Waals surface area (Å²) in [5, 5.41) is 9.08. The number of carbonyl (C=O) groups excluding carboxylic acids is 1. The molecule has 0 amide bonds. The first kappa shape index (κ1) is 7.54. The molecule has 0 spiro atoms. The molecule has 1 rings (SSSR count). The molecule has 1 heterocycles. The van der Waals surface area contributed by atoms with Crippen LogP contribution < -0.4 is 0 Å². The molecule has 10 heavy (non-hydrogen) atoms. The summed E-state index contributed by atoms with van der Waals surface area (Å²) in [4.78, 5) is 10.7. The summed E-state index contributed by atoms with van der Waals surface area (Å²) in [6.45, 7) is 1.94. The summed E-state index contributed by atoms with van der Waals surface area (Å²) >= 11 is 0. The van der Waals surface area contributed by atoms with Gasteiger partial charge in [-0.2, -0.15) is 0 Å². The maximum absolute atomic E-state index is 10.7. The quantitative estimate of drug-likeness (QED) is 0.544. The fraction of sp³-hybridized carbons (Fsp3) is 0.857. The van der Waals surface area contributed by atoms with Gasteiger partial charge in [0.15, 0.2) is 0 Å². The second-order valence-electron chi connectivity index (χ2n) is 2.61. The van der Waals surface area contributed by atoms with E-state index in [1.54, 1.807) is 0 Å². The van der Waals surface area contributed by atoms with Crippen molar-refractivity contribution in [2.75, 3.05) is 0 Å². The van der Waals surface area contributed by atoms with Crippen LogP contribution in [0.5, 0.6) is 0 Å². The highest BCUT2D eigenvalue weighted by Gasteiger charge is 2.25. The maximum atomic E-state index is 10.7. The van der Waals surface area contributed by atoms with Crippen molar-refractivity contribution in [2.24, 2.45) is 0 Å². The molecule has 2 atom stereocenters. The van der Waals surface area contributed by atoms with Crippen LogP contribution in [0.4, 0.5) is 0 Å². The summed E-state index contributed by atoms with van der Waals surface area (Å²) < 4.78 is 4.91. The van der Waals surface area contributed by atoms with Crippen molar-refractivity contribution in [3.8, 4) is 0 Å². The fourth-order valence-electron chi connectivity index (χ4n) is 1.11. The van der Waals surface area contributed by atoms with Gasteiger partial charge in [-0.3, -0.25) is 4.79 Å². The summed E-state index contributed by atoms with van der Waals surface area (Å²) in [6.07, 6.45) is 1.02. The number of aliphatic hydroxyl groups is 1. The molecule has 0 bridgehead atoms. The molecule has 58 valence electrons. The number of carbonyl (C=O) groups is 1. The average molecular weight is 144 g/mol. The van der Waals surface area contributed by atoms with E-state index in [1.165, 1.54) is 0 Å². The third-order valence-corrected chi connectivity index (χ3v) is 1.69. The monoisotopic (exact) mass is 144 g/mol. The third kappa shape index (κ3) is 1.70. The third-order valence-electron chi connectivity index (χ3n) is 1.69. The molecule has 1 fully saturated rings. The Labute approximate surface area is 60.0 Å². The Morgan fingerprint density at radius 1 is 1.80 bits per heavy atom. The van der Waals surface area contributed by atoms with Crippen LogP contribution in [0.15, 0.2) is 0 Å². The van der Waals surface area contributed by atoms with Gasteiger partial charge in [-0.05, 0) is 6.42 Å². The molecule has 0 aromatic carbocycles. The first-order valence-corrected chi connectivity index (χ1v) is 3.60. The van der Waals surface area contributed by atoms with E-state index in [2.05, 4.69) is 0 Å². The van der Waals surface area contributed by atoms with E-state index in [9.17, 15) is 4.79 Å². The van der Waals surface area contributed by atoms with E-state index in [1.807, 2.05) is 6.92 Å². The number of hydrogen-bond acceptors (Lipinski definition) is 3. The lowest BCUT2D eigenvalue weighted by molar-refractivity contribution is -0.160. The Morgan fingerprint density at radius 3 is 3.00 bits per heavy atom. The minimum atomic E-state index is -0.480. The van der Waals surface area contributed by atoms with E-state index in [0.29, 0.717) is 6.42 Å². The van der Waals surface area contributed by atoms with Gasteiger partial charge in [-0.1, -0.05) is 6.92 Å². The van der Waals surface area contributed by atoms with Gasteiger partial charge in [0, 0.05) is 6.42 Å². The van der Waals surface area contributed by atoms with Gasteiger partial charge in [-0.25, -0.2) is 0 Å². The first-order valence-electron chi connectivity index (χ1n) is 3.60. The topological polar surface area (TPSA) is 46.5 Å². The molecular weight excluding hydrogens is 132 g/mol. The predicted octanol–water partition coefficient (Wildman–Crippen LogP) is 0.463. The highest BCUT2D eigenvalue weighted by atomic mass is 16.5. The summed E-state index contributed by atoms with van der Waals surface area (Å²) in [7, 11) is 0. The van der Waals surface area contributed by atoms with Crippen LogP contribution in [-0.2, 0) is 9.53 Å². The van der Waals surface area contributed by atoms with Crippen molar-refractivity contribution in [2.45, 2.75) is 38.4 Å². The summed E-state index contributed by atoms with van der Waals surface area (Å²) in [5.41, 5.74) is 0. The normalized spacial score (nSPS) is 33.6. The smallest absolute Gasteiger partial charge is 0.308 e. The van der Waals surface area contributed by atoms with Crippen molar-refractivity contribution < 1.29 is 14.6 Å². The highest BCUT2D eigenvalue weighted by Crippen LogP contribution is 2.16. The number of hydrogen-bond donors (Lipinski definition) is 1. The van der Waals surface area contributed by atoms with Gasteiger partial charge in [0.1, 0.15) is 6.10 Å². The fourth-order valence-corrected chi connectivity index (χ4v) is 1.11. The number of esters is 1. The molecule has 0 aliphatic carbocycles. The Kier molecular flexibility index (Phi) is 2.27. The molecule has 0 radical (unpaired) electrons. The lowest BCUT2D eigenvalue weighted by Gasteiger charge is -2.24. The van der Waals surface area contributed by atoms with Crippen molar-refractivity contribution in [1.29, 1.82) is 0 Å². The average Bonchev–Trinajstić information content (AvgIpc) is 1.85. The Bertz CT molecular complexity index is 133. The highest BCUT2D eigenvalue weighted by molar-refractivity contribution is 5.70. The van der Waals surface area contributed by atoms with Gasteiger partial charge < -0.3 is 9.84 Å². The first-order chi connectivity index (χ1) is 4.72. The van der Waals surface area contributed by atoms with Crippen molar-refractivity contribution in [1.82, 2.24) is 0 Å². The standard InChI is InChI=1S/C7H12O3/c1-2-6-3-5(8)4-7(9)10-6/h5-6,8H,2-4H2,1H3/t5?,6-/m1/s1. The molecule has 1 N–H and O–H groups in total. The largest absolute Gasteiger partial charge is 0.462 e. The number of cyclic esters (lactones) is 1. The Balaban J connectivity index is 2.42. The zero-order valence-electron chi connectivity index (χ0n) is 6.04. The lowest BCUT2D eigenvalue weighted by atomic mass is 10.0. The van der Waals surface area contributed by atoms with Crippen molar-refractivity contribution in [3.63, 3.8) is 0 Å². The van der Waals surface area contributed by atoms with Gasteiger partial charge in [0.2, 0.25) is 0 Å². The van der Waals surface area contributed by atoms with Crippen molar-refractivity contribution >= 4 is 5.97 Å². The molecule has 0 aromatic heterocycles. The second-order valence-corrected chi connectivity index (χ2v) is 2.61. The summed E-state index contributed by atoms with van der Waals surface area (Å²) in [6, 6.07) is 0. The zero-order chi connectivity index (χ0) is 7.56. The number of ether oxygens (including phenoxy) is 1. The summed E-state index contributed by atoms with van der Waals surface area (Å²) in [5.74, 6) is -0.273. The van der Waals surface area contributed by atoms with E-state index in [4.69, 9.17) is 9.84 Å². The van der Waals surface area contributed by atoms with E-state index >= 15 is 0 Å². The van der Waals surface area contributed by atoms with Crippen LogP contribution >= 0.6 is 0 Å². The van der Waals surface area contributed by atoms with Crippen LogP contribution in [-0.4, -0.2) is 23.3 Å². The minimum Gasteiger partial charge on any atom is -0.462 e. The molecule has 1 saturated heterocycles. The van der Waals surface area contributed by atoms with Gasteiger partial charge in [0.25, 0.3) is 0 Å². The number of aliphatic hydroxyl groups excluding tert-OH is 1. The van der Waals surface area contributed by atoms with E-state index in [-0.39, 0.29) is 18.5 Å². The van der Waals surface area contributed by atoms with E-state index in [0.717, 1.165) is 6.42 Å². The molecule has 1 aliphatic rings. The second kappa shape index (κ2) is 3.01. The van der Waals surface area contributed by atoms with Crippen LogP contribution in [0.2, 0.25) is 0 Å². The van der Waals surface area contributed by atoms with Gasteiger partial charge >= 0.3 is 5.97 Å². The predicted molar refractivity (Wildman–Crippen MR) is 35.4 cm³/mol. The van der Waals surface area contributed by atoms with Crippen LogP contribution in [0.25, 0.3) is 0 Å². The maximum Gasteiger partial charge on any atom is 0.308 e. The van der Waals surface area contributed by atoms with Crippen LogP contribution in [0.3, 0.4) is 0 Å². The molecule has 1 unspecified atom stereocenters. The van der Waals surface area contributed by atoms with E-state index < -0.39 is 6.10 Å². The van der Waals surface area contributed by atoms with Gasteiger partial charge in [-0.15, -0.1) is 0 Å². The Hall–Kier alpha value is -0.570. The van der Waals surface area contributed by atoms with Crippen molar-refractivity contribution in [3.05, 3.63) is 0 Å². The molecule has 0 saturated carbocycles. The molecule has 3 heteroatoms. The number of rotatable bonds is 1. The molecule has 3 nitrogen and oxygen atoms in total.